The average molecular weight is 372 g/mol. The molecule has 1 saturated heterocycles. The van der Waals surface area contributed by atoms with Crippen molar-refractivity contribution in [1.29, 1.82) is 0 Å². The molecule has 7 heteroatoms. The molecule has 0 spiro atoms. The Bertz CT molecular complexity index is 804. The third-order valence-corrected chi connectivity index (χ3v) is 5.29. The normalized spacial score (nSPS) is 15.1. The molecule has 0 saturated carbocycles. The van der Waals surface area contributed by atoms with Crippen LogP contribution in [0.25, 0.3) is 0 Å². The van der Waals surface area contributed by atoms with Crippen molar-refractivity contribution in [3.05, 3.63) is 57.8 Å². The van der Waals surface area contributed by atoms with Crippen molar-refractivity contribution in [3.63, 3.8) is 0 Å². The van der Waals surface area contributed by atoms with Gasteiger partial charge in [0.2, 0.25) is 5.91 Å². The zero-order valence-corrected chi connectivity index (χ0v) is 15.0. The van der Waals surface area contributed by atoms with E-state index in [9.17, 15) is 14.4 Å². The first kappa shape index (κ1) is 18.1. The summed E-state index contributed by atoms with van der Waals surface area (Å²) in [4.78, 5) is 38.1. The number of likely N-dealkylation sites (tertiary alicyclic amines) is 1. The van der Waals surface area contributed by atoms with Crippen LogP contribution in [0.2, 0.25) is 0 Å². The lowest BCUT2D eigenvalue weighted by molar-refractivity contribution is -0.137. The highest BCUT2D eigenvalue weighted by Gasteiger charge is 2.22. The lowest BCUT2D eigenvalue weighted by Crippen LogP contribution is -2.30. The van der Waals surface area contributed by atoms with E-state index in [2.05, 4.69) is 5.32 Å². The minimum Gasteiger partial charge on any atom is -0.481 e. The van der Waals surface area contributed by atoms with E-state index in [1.165, 1.54) is 11.3 Å². The Morgan fingerprint density at radius 1 is 1.27 bits per heavy atom. The molecule has 6 nitrogen and oxygen atoms in total. The fraction of sp³-hybridized carbons (Fsp3) is 0.316. The molecule has 1 aliphatic heterocycles. The van der Waals surface area contributed by atoms with Gasteiger partial charge in [0.1, 0.15) is 0 Å². The van der Waals surface area contributed by atoms with Gasteiger partial charge in [-0.2, -0.15) is 0 Å². The van der Waals surface area contributed by atoms with Crippen molar-refractivity contribution < 1.29 is 19.5 Å². The zero-order chi connectivity index (χ0) is 18.5. The number of carbonyl (C=O) groups excluding carboxylic acids is 2. The Balaban J connectivity index is 1.71. The molecule has 1 aromatic heterocycles. The molecule has 136 valence electrons. The van der Waals surface area contributed by atoms with Crippen LogP contribution < -0.4 is 5.32 Å². The number of nitrogens with one attached hydrogen (secondary N) is 1. The number of amides is 2. The SMILES string of the molecule is O=C(O)CC(NC(=O)c1cccc(CN2CCCC2=O)c1)c1cccs1. The van der Waals surface area contributed by atoms with Gasteiger partial charge in [-0.05, 0) is 35.6 Å². The monoisotopic (exact) mass is 372 g/mol. The van der Waals surface area contributed by atoms with E-state index in [1.807, 2.05) is 23.6 Å². The predicted octanol–water partition coefficient (Wildman–Crippen LogP) is 2.82. The summed E-state index contributed by atoms with van der Waals surface area (Å²) in [6, 6.07) is 10.2. The molecule has 0 aliphatic carbocycles. The smallest absolute Gasteiger partial charge is 0.305 e. The van der Waals surface area contributed by atoms with Gasteiger partial charge < -0.3 is 15.3 Å². The molecule has 2 heterocycles. The van der Waals surface area contributed by atoms with E-state index in [4.69, 9.17) is 5.11 Å². The number of rotatable bonds is 7. The lowest BCUT2D eigenvalue weighted by Gasteiger charge is -2.17. The molecule has 0 bridgehead atoms. The minimum atomic E-state index is -0.968. The van der Waals surface area contributed by atoms with Crippen LogP contribution in [0.1, 0.15) is 46.1 Å². The van der Waals surface area contributed by atoms with Gasteiger partial charge in [0.15, 0.2) is 0 Å². The lowest BCUT2D eigenvalue weighted by atomic mass is 10.1. The van der Waals surface area contributed by atoms with E-state index >= 15 is 0 Å². The predicted molar refractivity (Wildman–Crippen MR) is 97.9 cm³/mol. The average Bonchev–Trinajstić information content (AvgIpc) is 3.27. The molecule has 0 radical (unpaired) electrons. The Kier molecular flexibility index (Phi) is 5.68. The number of carboxylic acid groups (broad SMARTS) is 1. The molecule has 1 unspecified atom stereocenters. The van der Waals surface area contributed by atoms with Crippen molar-refractivity contribution >= 4 is 29.1 Å². The van der Waals surface area contributed by atoms with Gasteiger partial charge in [0.05, 0.1) is 12.5 Å². The Morgan fingerprint density at radius 3 is 2.77 bits per heavy atom. The fourth-order valence-corrected chi connectivity index (χ4v) is 3.81. The molecule has 1 fully saturated rings. The van der Waals surface area contributed by atoms with E-state index in [-0.39, 0.29) is 18.2 Å². The Labute approximate surface area is 155 Å². The highest BCUT2D eigenvalue weighted by molar-refractivity contribution is 7.10. The number of aliphatic carboxylic acids is 1. The molecular formula is C19H20N2O4S. The van der Waals surface area contributed by atoms with Gasteiger partial charge in [-0.3, -0.25) is 14.4 Å². The third-order valence-electron chi connectivity index (χ3n) is 4.30. The number of benzene rings is 1. The maximum Gasteiger partial charge on any atom is 0.305 e. The van der Waals surface area contributed by atoms with E-state index < -0.39 is 12.0 Å². The summed E-state index contributed by atoms with van der Waals surface area (Å²) >= 11 is 1.41. The molecule has 3 rings (SSSR count). The van der Waals surface area contributed by atoms with Gasteiger partial charge in [0.25, 0.3) is 5.91 Å². The van der Waals surface area contributed by atoms with Crippen LogP contribution in [0, 0.1) is 0 Å². The van der Waals surface area contributed by atoms with Crippen molar-refractivity contribution in [2.45, 2.75) is 31.8 Å². The van der Waals surface area contributed by atoms with Gasteiger partial charge in [-0.25, -0.2) is 0 Å². The summed E-state index contributed by atoms with van der Waals surface area (Å²) in [6.45, 7) is 1.23. The van der Waals surface area contributed by atoms with Crippen molar-refractivity contribution in [3.8, 4) is 0 Å². The quantitative estimate of drug-likeness (QED) is 0.782. The van der Waals surface area contributed by atoms with Crippen molar-refractivity contribution in [2.75, 3.05) is 6.54 Å². The number of hydrogen-bond acceptors (Lipinski definition) is 4. The van der Waals surface area contributed by atoms with Crippen molar-refractivity contribution in [1.82, 2.24) is 10.2 Å². The summed E-state index contributed by atoms with van der Waals surface area (Å²) in [5, 5.41) is 13.8. The number of hydrogen-bond donors (Lipinski definition) is 2. The highest BCUT2D eigenvalue weighted by atomic mass is 32.1. The molecule has 2 aromatic rings. The topological polar surface area (TPSA) is 86.7 Å². The largest absolute Gasteiger partial charge is 0.481 e. The first-order valence-corrected chi connectivity index (χ1v) is 9.33. The second-order valence-electron chi connectivity index (χ2n) is 6.26. The van der Waals surface area contributed by atoms with Crippen LogP contribution in [0.3, 0.4) is 0 Å². The first-order valence-electron chi connectivity index (χ1n) is 8.45. The Hall–Kier alpha value is -2.67. The summed E-state index contributed by atoms with van der Waals surface area (Å²) in [6.07, 6.45) is 1.28. The molecule has 2 N–H and O–H groups in total. The van der Waals surface area contributed by atoms with Gasteiger partial charge in [-0.15, -0.1) is 11.3 Å². The maximum atomic E-state index is 12.6. The van der Waals surface area contributed by atoms with Gasteiger partial charge >= 0.3 is 5.97 Å². The highest BCUT2D eigenvalue weighted by Crippen LogP contribution is 2.23. The number of thiophene rings is 1. The summed E-state index contributed by atoms with van der Waals surface area (Å²) in [5.74, 6) is -1.15. The van der Waals surface area contributed by atoms with E-state index in [0.29, 0.717) is 18.5 Å². The fourth-order valence-electron chi connectivity index (χ4n) is 3.03. The van der Waals surface area contributed by atoms with Crippen LogP contribution in [-0.2, 0) is 16.1 Å². The number of carbonyl (C=O) groups is 3. The zero-order valence-electron chi connectivity index (χ0n) is 14.2. The maximum absolute atomic E-state index is 12.6. The summed E-state index contributed by atoms with van der Waals surface area (Å²) < 4.78 is 0. The second kappa shape index (κ2) is 8.14. The van der Waals surface area contributed by atoms with Crippen LogP contribution >= 0.6 is 11.3 Å². The van der Waals surface area contributed by atoms with Crippen LogP contribution in [-0.4, -0.2) is 34.3 Å². The molecule has 1 aromatic carbocycles. The van der Waals surface area contributed by atoms with Gasteiger partial charge in [0, 0.05) is 30.0 Å². The first-order chi connectivity index (χ1) is 12.5. The molecular weight excluding hydrogens is 352 g/mol. The number of carboxylic acids is 1. The summed E-state index contributed by atoms with van der Waals surface area (Å²) in [5.41, 5.74) is 1.35. The van der Waals surface area contributed by atoms with Crippen LogP contribution in [0.5, 0.6) is 0 Å². The molecule has 1 atom stereocenters. The van der Waals surface area contributed by atoms with E-state index in [1.54, 1.807) is 23.1 Å². The summed E-state index contributed by atoms with van der Waals surface area (Å²) in [7, 11) is 0. The van der Waals surface area contributed by atoms with Gasteiger partial charge in [-0.1, -0.05) is 18.2 Å². The van der Waals surface area contributed by atoms with Crippen molar-refractivity contribution in [2.24, 2.45) is 0 Å². The molecule has 1 aliphatic rings. The third kappa shape index (κ3) is 4.49. The minimum absolute atomic E-state index is 0.138. The molecule has 2 amide bonds. The van der Waals surface area contributed by atoms with Crippen LogP contribution in [0.4, 0.5) is 0 Å². The second-order valence-corrected chi connectivity index (χ2v) is 7.24. The standard InChI is InChI=1S/C19H20N2O4S/c22-17-7-2-8-21(17)12-13-4-1-5-14(10-13)19(25)20-15(11-18(23)24)16-6-3-9-26-16/h1,3-6,9-10,15H,2,7-8,11-12H2,(H,20,25)(H,23,24). The number of nitrogens with zero attached hydrogens (tertiary/aromatic N) is 1. The Morgan fingerprint density at radius 2 is 2.12 bits per heavy atom. The van der Waals surface area contributed by atoms with E-state index in [0.717, 1.165) is 23.4 Å². The van der Waals surface area contributed by atoms with Crippen LogP contribution in [0.15, 0.2) is 41.8 Å². The molecule has 26 heavy (non-hydrogen) atoms.